The van der Waals surface area contributed by atoms with Gasteiger partial charge in [-0.1, -0.05) is 30.3 Å². The average Bonchev–Trinajstić information content (AvgIpc) is 2.89. The van der Waals surface area contributed by atoms with Crippen molar-refractivity contribution in [3.05, 3.63) is 65.2 Å². The number of hydrogen-bond donors (Lipinski definition) is 2. The summed E-state index contributed by atoms with van der Waals surface area (Å²) >= 11 is 0. The third kappa shape index (κ3) is 4.04. The monoisotopic (exact) mass is 405 g/mol. The van der Waals surface area contributed by atoms with Crippen LogP contribution in [-0.2, 0) is 18.9 Å². The first kappa shape index (κ1) is 20.0. The Hall–Kier alpha value is -2.79. The van der Waals surface area contributed by atoms with Gasteiger partial charge in [0.05, 0.1) is 23.4 Å². The van der Waals surface area contributed by atoms with Crippen molar-refractivity contribution in [2.75, 3.05) is 5.01 Å². The molecule has 3 rings (SSSR count). The highest BCUT2D eigenvalue weighted by Gasteiger charge is 2.41. The molecule has 1 saturated heterocycles. The van der Waals surface area contributed by atoms with Gasteiger partial charge in [0.15, 0.2) is 0 Å². The second kappa shape index (κ2) is 6.99. The molecule has 0 saturated carbocycles. The number of nitrogens with zero attached hydrogens (tertiary/aromatic N) is 2. The molecule has 0 aromatic heterocycles. The number of aliphatic hydroxyl groups is 1. The number of urea groups is 1. The Bertz CT molecular complexity index is 837. The fraction of sp³-hybridized carbons (Fsp3) is 0.235. The SMILES string of the molecule is O=C1N(c2cc(C(F)(F)F)cc(C(F)(F)F)c2)NC(O)N1Cc1ccccc1. The summed E-state index contributed by atoms with van der Waals surface area (Å²) in [6.45, 7) is -0.102. The summed E-state index contributed by atoms with van der Waals surface area (Å²) in [6, 6.07) is 8.14. The number of halogens is 6. The van der Waals surface area contributed by atoms with Crippen molar-refractivity contribution in [3.8, 4) is 0 Å². The molecule has 2 N–H and O–H groups in total. The van der Waals surface area contributed by atoms with Gasteiger partial charge < -0.3 is 5.11 Å². The lowest BCUT2D eigenvalue weighted by Crippen LogP contribution is -2.37. The van der Waals surface area contributed by atoms with E-state index in [0.29, 0.717) is 22.7 Å². The fourth-order valence-electron chi connectivity index (χ4n) is 2.66. The van der Waals surface area contributed by atoms with Crippen LogP contribution >= 0.6 is 0 Å². The molecule has 0 aliphatic carbocycles. The quantitative estimate of drug-likeness (QED) is 0.761. The molecule has 0 spiro atoms. The maximum atomic E-state index is 13.0. The van der Waals surface area contributed by atoms with E-state index in [4.69, 9.17) is 0 Å². The normalized spacial score (nSPS) is 18.1. The molecule has 1 heterocycles. The van der Waals surface area contributed by atoms with Crippen LogP contribution in [0.15, 0.2) is 48.5 Å². The van der Waals surface area contributed by atoms with E-state index in [1.807, 2.05) is 0 Å². The van der Waals surface area contributed by atoms with Crippen molar-refractivity contribution < 1.29 is 36.2 Å². The summed E-state index contributed by atoms with van der Waals surface area (Å²) in [5.74, 6) is 0. The predicted octanol–water partition coefficient (Wildman–Crippen LogP) is 3.95. The van der Waals surface area contributed by atoms with Crippen molar-refractivity contribution in [3.63, 3.8) is 0 Å². The largest absolute Gasteiger partial charge is 0.416 e. The Labute approximate surface area is 154 Å². The third-order valence-corrected chi connectivity index (χ3v) is 4.00. The van der Waals surface area contributed by atoms with Crippen molar-refractivity contribution >= 4 is 11.7 Å². The zero-order valence-electron chi connectivity index (χ0n) is 13.9. The number of rotatable bonds is 3. The molecule has 1 unspecified atom stereocenters. The molecule has 1 aliphatic heterocycles. The van der Waals surface area contributed by atoms with Gasteiger partial charge in [-0.05, 0) is 23.8 Å². The lowest BCUT2D eigenvalue weighted by Gasteiger charge is -2.20. The lowest BCUT2D eigenvalue weighted by molar-refractivity contribution is -0.143. The van der Waals surface area contributed by atoms with Gasteiger partial charge in [-0.3, -0.25) is 4.90 Å². The van der Waals surface area contributed by atoms with E-state index in [1.165, 1.54) is 0 Å². The molecule has 2 aromatic rings. The van der Waals surface area contributed by atoms with Crippen LogP contribution in [0.2, 0.25) is 0 Å². The number of aliphatic hydroxyl groups excluding tert-OH is 1. The minimum Gasteiger partial charge on any atom is -0.359 e. The number of carbonyl (C=O) groups excluding carboxylic acids is 1. The minimum atomic E-state index is -5.05. The van der Waals surface area contributed by atoms with E-state index in [2.05, 4.69) is 5.43 Å². The fourth-order valence-corrected chi connectivity index (χ4v) is 2.66. The molecule has 2 aromatic carbocycles. The van der Waals surface area contributed by atoms with Crippen LogP contribution in [-0.4, -0.2) is 22.4 Å². The van der Waals surface area contributed by atoms with Crippen LogP contribution in [0.3, 0.4) is 0 Å². The van der Waals surface area contributed by atoms with Gasteiger partial charge in [-0.2, -0.15) is 31.8 Å². The van der Waals surface area contributed by atoms with E-state index in [0.717, 1.165) is 4.90 Å². The minimum absolute atomic E-state index is 0.0395. The predicted molar refractivity (Wildman–Crippen MR) is 85.4 cm³/mol. The first-order valence-electron chi connectivity index (χ1n) is 7.85. The van der Waals surface area contributed by atoms with Crippen molar-refractivity contribution in [1.29, 1.82) is 0 Å². The number of hydrogen-bond acceptors (Lipinski definition) is 3. The van der Waals surface area contributed by atoms with E-state index in [9.17, 15) is 36.2 Å². The lowest BCUT2D eigenvalue weighted by atomic mass is 10.1. The number of benzene rings is 2. The van der Waals surface area contributed by atoms with Gasteiger partial charge in [-0.25, -0.2) is 9.80 Å². The molecule has 0 bridgehead atoms. The van der Waals surface area contributed by atoms with Gasteiger partial charge in [0.2, 0.25) is 6.35 Å². The molecule has 1 atom stereocenters. The van der Waals surface area contributed by atoms with E-state index >= 15 is 0 Å². The smallest absolute Gasteiger partial charge is 0.359 e. The summed E-state index contributed by atoms with van der Waals surface area (Å²) in [4.78, 5) is 13.4. The van der Waals surface area contributed by atoms with Gasteiger partial charge in [0.25, 0.3) is 0 Å². The molecule has 0 radical (unpaired) electrons. The average molecular weight is 405 g/mol. The summed E-state index contributed by atoms with van der Waals surface area (Å²) in [5, 5.41) is 10.5. The standard InChI is InChI=1S/C17H13F6N3O2/c18-16(19,20)11-6-12(17(21,22)23)8-13(7-11)26-15(28)25(14(27)24-26)9-10-4-2-1-3-5-10/h1-8,14,24,27H,9H2. The number of hydrazine groups is 1. The maximum Gasteiger partial charge on any atom is 0.416 e. The highest BCUT2D eigenvalue weighted by atomic mass is 19.4. The number of alkyl halides is 6. The molecule has 2 amide bonds. The van der Waals surface area contributed by atoms with Gasteiger partial charge in [-0.15, -0.1) is 0 Å². The molecule has 28 heavy (non-hydrogen) atoms. The molecule has 5 nitrogen and oxygen atoms in total. The van der Waals surface area contributed by atoms with Crippen LogP contribution in [0.5, 0.6) is 0 Å². The number of amides is 2. The number of nitrogens with one attached hydrogen (secondary N) is 1. The Morgan fingerprint density at radius 3 is 1.96 bits per heavy atom. The Morgan fingerprint density at radius 2 is 1.46 bits per heavy atom. The van der Waals surface area contributed by atoms with Crippen LogP contribution in [0.1, 0.15) is 16.7 Å². The first-order valence-corrected chi connectivity index (χ1v) is 7.85. The van der Waals surface area contributed by atoms with Gasteiger partial charge in [0.1, 0.15) is 0 Å². The summed E-state index contributed by atoms with van der Waals surface area (Å²) in [7, 11) is 0. The molecule has 1 aliphatic rings. The van der Waals surface area contributed by atoms with Crippen LogP contribution < -0.4 is 10.4 Å². The van der Waals surface area contributed by atoms with E-state index in [1.54, 1.807) is 30.3 Å². The Kier molecular flexibility index (Phi) is 4.98. The summed E-state index contributed by atoms with van der Waals surface area (Å²) < 4.78 is 78.1. The summed E-state index contributed by atoms with van der Waals surface area (Å²) in [5.41, 5.74) is -1.04. The number of carbonyl (C=O) groups is 1. The van der Waals surface area contributed by atoms with Gasteiger partial charge in [0, 0.05) is 0 Å². The van der Waals surface area contributed by atoms with Crippen LogP contribution in [0.25, 0.3) is 0 Å². The molecular formula is C17H13F6N3O2. The second-order valence-electron chi connectivity index (χ2n) is 6.00. The van der Waals surface area contributed by atoms with E-state index in [-0.39, 0.29) is 12.6 Å². The molecular weight excluding hydrogens is 392 g/mol. The second-order valence-corrected chi connectivity index (χ2v) is 6.00. The zero-order chi connectivity index (χ0) is 20.7. The molecule has 1 fully saturated rings. The maximum absolute atomic E-state index is 13.0. The Morgan fingerprint density at radius 1 is 0.929 bits per heavy atom. The molecule has 150 valence electrons. The van der Waals surface area contributed by atoms with Gasteiger partial charge >= 0.3 is 18.4 Å². The number of anilines is 1. The highest BCUT2D eigenvalue weighted by Crippen LogP contribution is 2.38. The topological polar surface area (TPSA) is 55.8 Å². The first-order chi connectivity index (χ1) is 13.0. The van der Waals surface area contributed by atoms with Crippen molar-refractivity contribution in [1.82, 2.24) is 10.3 Å². The summed E-state index contributed by atoms with van der Waals surface area (Å²) in [6.07, 6.45) is -11.7. The highest BCUT2D eigenvalue weighted by molar-refractivity contribution is 5.93. The van der Waals surface area contributed by atoms with E-state index < -0.39 is 41.5 Å². The van der Waals surface area contributed by atoms with Crippen LogP contribution in [0.4, 0.5) is 36.8 Å². The molecule has 11 heteroatoms. The zero-order valence-corrected chi connectivity index (χ0v) is 13.9. The Balaban J connectivity index is 1.95. The van der Waals surface area contributed by atoms with Crippen LogP contribution in [0, 0.1) is 0 Å². The third-order valence-electron chi connectivity index (χ3n) is 4.00. The van der Waals surface area contributed by atoms with Crippen molar-refractivity contribution in [2.45, 2.75) is 25.2 Å². The van der Waals surface area contributed by atoms with Crippen molar-refractivity contribution in [2.24, 2.45) is 0 Å².